The third-order valence-electron chi connectivity index (χ3n) is 4.31. The number of rotatable bonds is 5. The lowest BCUT2D eigenvalue weighted by Gasteiger charge is -2.24. The summed E-state index contributed by atoms with van der Waals surface area (Å²) in [6.45, 7) is 2.00. The first kappa shape index (κ1) is 14.2. The molecule has 2 N–H and O–H groups in total. The zero-order valence-corrected chi connectivity index (χ0v) is 12.4. The second-order valence-electron chi connectivity index (χ2n) is 5.69. The second kappa shape index (κ2) is 6.80. The summed E-state index contributed by atoms with van der Waals surface area (Å²) in [6.07, 6.45) is 10.8. The van der Waals surface area contributed by atoms with E-state index in [0.29, 0.717) is 17.3 Å². The van der Waals surface area contributed by atoms with Crippen LogP contribution >= 0.6 is 11.8 Å². The quantitative estimate of drug-likeness (QED) is 0.805. The Morgan fingerprint density at radius 2 is 1.89 bits per heavy atom. The first-order chi connectivity index (χ1) is 8.70. The number of nitrogens with one attached hydrogen (secondary N) is 2. The Kier molecular flexibility index (Phi) is 5.37. The van der Waals surface area contributed by atoms with E-state index in [9.17, 15) is 4.79 Å². The van der Waals surface area contributed by atoms with Gasteiger partial charge in [-0.2, -0.15) is 11.8 Å². The Labute approximate surface area is 115 Å². The summed E-state index contributed by atoms with van der Waals surface area (Å²) in [5.41, 5.74) is 0. The van der Waals surface area contributed by atoms with Gasteiger partial charge in [0.15, 0.2) is 0 Å². The van der Waals surface area contributed by atoms with Crippen LogP contribution in [0.5, 0.6) is 0 Å². The van der Waals surface area contributed by atoms with Crippen LogP contribution in [0.2, 0.25) is 0 Å². The maximum atomic E-state index is 12.1. The van der Waals surface area contributed by atoms with Crippen LogP contribution in [0.4, 0.5) is 0 Å². The predicted molar refractivity (Wildman–Crippen MR) is 77.9 cm³/mol. The molecule has 0 bridgehead atoms. The topological polar surface area (TPSA) is 41.1 Å². The van der Waals surface area contributed by atoms with Gasteiger partial charge in [0.1, 0.15) is 0 Å². The second-order valence-corrected chi connectivity index (χ2v) is 6.77. The van der Waals surface area contributed by atoms with E-state index in [0.717, 1.165) is 12.8 Å². The molecule has 0 aliphatic heterocycles. The van der Waals surface area contributed by atoms with Crippen molar-refractivity contribution in [2.45, 2.75) is 75.2 Å². The maximum absolute atomic E-state index is 12.1. The van der Waals surface area contributed by atoms with Gasteiger partial charge < -0.3 is 10.6 Å². The van der Waals surface area contributed by atoms with Crippen LogP contribution in [0.15, 0.2) is 0 Å². The highest BCUT2D eigenvalue weighted by Gasteiger charge is 2.29. The van der Waals surface area contributed by atoms with Crippen LogP contribution in [-0.2, 0) is 4.79 Å². The highest BCUT2D eigenvalue weighted by atomic mass is 32.2. The highest BCUT2D eigenvalue weighted by molar-refractivity contribution is 7.99. The summed E-state index contributed by atoms with van der Waals surface area (Å²) >= 11 is 1.93. The lowest BCUT2D eigenvalue weighted by Crippen LogP contribution is -2.50. The van der Waals surface area contributed by atoms with Crippen LogP contribution in [0.1, 0.15) is 51.9 Å². The Morgan fingerprint density at radius 3 is 2.56 bits per heavy atom. The zero-order valence-electron chi connectivity index (χ0n) is 11.6. The molecule has 0 spiro atoms. The van der Waals surface area contributed by atoms with Crippen LogP contribution in [-0.4, -0.2) is 35.5 Å². The minimum absolute atomic E-state index is 0.0525. The zero-order chi connectivity index (χ0) is 13.0. The van der Waals surface area contributed by atoms with Gasteiger partial charge in [0.25, 0.3) is 0 Å². The first-order valence-corrected chi connectivity index (χ1v) is 8.58. The SMILES string of the molecule is CSC1CCCC1NC(C)C(=O)NC1CCCC1. The van der Waals surface area contributed by atoms with Crippen molar-refractivity contribution in [3.8, 4) is 0 Å². The van der Waals surface area contributed by atoms with Crippen molar-refractivity contribution in [3.05, 3.63) is 0 Å². The standard InChI is InChI=1S/C14H26N2OS/c1-10(14(17)16-11-6-3-4-7-11)15-12-8-5-9-13(12)18-2/h10-13,15H,3-9H2,1-2H3,(H,16,17). The third kappa shape index (κ3) is 3.64. The molecule has 3 nitrogen and oxygen atoms in total. The molecule has 2 aliphatic rings. The average Bonchev–Trinajstić information content (AvgIpc) is 2.99. The highest BCUT2D eigenvalue weighted by Crippen LogP contribution is 2.28. The average molecular weight is 270 g/mol. The first-order valence-electron chi connectivity index (χ1n) is 7.30. The summed E-state index contributed by atoms with van der Waals surface area (Å²) in [4.78, 5) is 12.1. The largest absolute Gasteiger partial charge is 0.352 e. The third-order valence-corrected chi connectivity index (χ3v) is 5.48. The molecule has 2 fully saturated rings. The summed E-state index contributed by atoms with van der Waals surface area (Å²) in [6, 6.07) is 0.898. The predicted octanol–water partition coefficient (Wildman–Crippen LogP) is 2.31. The van der Waals surface area contributed by atoms with Crippen molar-refractivity contribution in [1.82, 2.24) is 10.6 Å². The Balaban J connectivity index is 1.75. The lowest BCUT2D eigenvalue weighted by atomic mass is 10.2. The van der Waals surface area contributed by atoms with Crippen molar-refractivity contribution >= 4 is 17.7 Å². The summed E-state index contributed by atoms with van der Waals surface area (Å²) in [5.74, 6) is 0.189. The maximum Gasteiger partial charge on any atom is 0.237 e. The van der Waals surface area contributed by atoms with Crippen molar-refractivity contribution in [2.75, 3.05) is 6.26 Å². The molecule has 2 saturated carbocycles. The van der Waals surface area contributed by atoms with E-state index >= 15 is 0 Å². The number of carbonyl (C=O) groups is 1. The van der Waals surface area contributed by atoms with Gasteiger partial charge in [-0.25, -0.2) is 0 Å². The van der Waals surface area contributed by atoms with E-state index in [1.54, 1.807) is 0 Å². The van der Waals surface area contributed by atoms with Crippen LogP contribution < -0.4 is 10.6 Å². The summed E-state index contributed by atoms with van der Waals surface area (Å²) < 4.78 is 0. The molecule has 0 radical (unpaired) electrons. The normalized spacial score (nSPS) is 30.6. The van der Waals surface area contributed by atoms with Gasteiger partial charge in [-0.3, -0.25) is 4.79 Å². The Bertz CT molecular complexity index is 279. The molecule has 3 unspecified atom stereocenters. The molecule has 18 heavy (non-hydrogen) atoms. The fourth-order valence-electron chi connectivity index (χ4n) is 3.19. The van der Waals surface area contributed by atoms with Gasteiger partial charge in [0.2, 0.25) is 5.91 Å². The number of hydrogen-bond donors (Lipinski definition) is 2. The van der Waals surface area contributed by atoms with Crippen LogP contribution in [0.25, 0.3) is 0 Å². The van der Waals surface area contributed by atoms with Gasteiger partial charge in [0.05, 0.1) is 6.04 Å². The monoisotopic (exact) mass is 270 g/mol. The summed E-state index contributed by atoms with van der Waals surface area (Å²) in [5, 5.41) is 7.38. The molecule has 0 aromatic rings. The molecule has 1 amide bonds. The molecule has 3 atom stereocenters. The Hall–Kier alpha value is -0.220. The van der Waals surface area contributed by atoms with E-state index in [1.165, 1.54) is 32.1 Å². The molecule has 0 saturated heterocycles. The summed E-state index contributed by atoms with van der Waals surface area (Å²) in [7, 11) is 0. The van der Waals surface area contributed by atoms with Gasteiger partial charge in [-0.15, -0.1) is 0 Å². The minimum atomic E-state index is -0.0525. The van der Waals surface area contributed by atoms with E-state index in [2.05, 4.69) is 16.9 Å². The molecular weight excluding hydrogens is 244 g/mol. The fraction of sp³-hybridized carbons (Fsp3) is 0.929. The van der Waals surface area contributed by atoms with Gasteiger partial charge in [-0.1, -0.05) is 19.3 Å². The van der Waals surface area contributed by atoms with Gasteiger partial charge >= 0.3 is 0 Å². The van der Waals surface area contributed by atoms with Crippen LogP contribution in [0, 0.1) is 0 Å². The van der Waals surface area contributed by atoms with Gasteiger partial charge in [0, 0.05) is 17.3 Å². The molecule has 0 aromatic heterocycles. The van der Waals surface area contributed by atoms with E-state index in [-0.39, 0.29) is 11.9 Å². The molecule has 4 heteroatoms. The number of hydrogen-bond acceptors (Lipinski definition) is 3. The van der Waals surface area contributed by atoms with Crippen LogP contribution in [0.3, 0.4) is 0 Å². The fourth-order valence-corrected chi connectivity index (χ4v) is 4.14. The number of thioether (sulfide) groups is 1. The van der Waals surface area contributed by atoms with Crippen molar-refractivity contribution in [1.29, 1.82) is 0 Å². The van der Waals surface area contributed by atoms with E-state index in [4.69, 9.17) is 0 Å². The number of carbonyl (C=O) groups excluding carboxylic acids is 1. The smallest absolute Gasteiger partial charge is 0.237 e. The Morgan fingerprint density at radius 1 is 1.17 bits per heavy atom. The molecule has 2 rings (SSSR count). The van der Waals surface area contributed by atoms with Gasteiger partial charge in [-0.05, 0) is 38.9 Å². The molecule has 0 aromatic carbocycles. The van der Waals surface area contributed by atoms with E-state index in [1.807, 2.05) is 18.7 Å². The van der Waals surface area contributed by atoms with Crippen molar-refractivity contribution in [3.63, 3.8) is 0 Å². The molecular formula is C14H26N2OS. The van der Waals surface area contributed by atoms with E-state index < -0.39 is 0 Å². The van der Waals surface area contributed by atoms with Crippen molar-refractivity contribution in [2.24, 2.45) is 0 Å². The molecule has 104 valence electrons. The lowest BCUT2D eigenvalue weighted by molar-refractivity contribution is -0.123. The minimum Gasteiger partial charge on any atom is -0.352 e. The number of amides is 1. The molecule has 0 heterocycles. The van der Waals surface area contributed by atoms with Crippen molar-refractivity contribution < 1.29 is 4.79 Å². The molecule has 2 aliphatic carbocycles.